The number of carbonyl (C=O) groups excluding carboxylic acids is 2. The molecule has 0 fully saturated rings. The van der Waals surface area contributed by atoms with Crippen molar-refractivity contribution in [2.24, 2.45) is 5.92 Å². The lowest BCUT2D eigenvalue weighted by Crippen LogP contribution is -2.26. The molecule has 2 rings (SSSR count). The molecule has 194 valence electrons. The van der Waals surface area contributed by atoms with Crippen LogP contribution in [0.15, 0.2) is 24.3 Å². The molecule has 0 spiro atoms. The van der Waals surface area contributed by atoms with Gasteiger partial charge in [-0.3, -0.25) is 15.0 Å². The zero-order valence-electron chi connectivity index (χ0n) is 22.1. The van der Waals surface area contributed by atoms with E-state index in [-0.39, 0.29) is 11.9 Å². The molecule has 7 heteroatoms. The number of aromatic amines is 1. The van der Waals surface area contributed by atoms with E-state index in [0.717, 1.165) is 48.6 Å². The summed E-state index contributed by atoms with van der Waals surface area (Å²) in [4.78, 5) is 28.1. The summed E-state index contributed by atoms with van der Waals surface area (Å²) < 4.78 is 5.54. The number of hydrogen-bond donors (Lipinski definition) is 3. The van der Waals surface area contributed by atoms with Crippen LogP contribution < -0.4 is 5.32 Å². The number of esters is 1. The Morgan fingerprint density at radius 2 is 1.80 bits per heavy atom. The molecular weight excluding hydrogens is 458 g/mol. The SMILES string of the molecule is CCCCCCC(CCCCNC(=O)c1cc2cc(C(=N)SC)ccc2[nH]1)CC(=O)OC(C)(C)C. The van der Waals surface area contributed by atoms with Crippen molar-refractivity contribution in [2.75, 3.05) is 12.8 Å². The molecular formula is C28H43N3O3S. The molecule has 1 unspecified atom stereocenters. The Morgan fingerprint density at radius 3 is 2.46 bits per heavy atom. The average Bonchev–Trinajstić information content (AvgIpc) is 3.23. The summed E-state index contributed by atoms with van der Waals surface area (Å²) in [7, 11) is 0. The highest BCUT2D eigenvalue weighted by molar-refractivity contribution is 8.13. The number of hydrogen-bond acceptors (Lipinski definition) is 5. The molecule has 0 saturated carbocycles. The molecule has 0 aliphatic rings. The second-order valence-corrected chi connectivity index (χ2v) is 11.1. The maximum Gasteiger partial charge on any atom is 0.306 e. The number of carbonyl (C=O) groups is 2. The van der Waals surface area contributed by atoms with Gasteiger partial charge in [-0.2, -0.15) is 0 Å². The van der Waals surface area contributed by atoms with Crippen molar-refractivity contribution < 1.29 is 14.3 Å². The number of aromatic nitrogens is 1. The number of fused-ring (bicyclic) bond motifs is 1. The summed E-state index contributed by atoms with van der Waals surface area (Å²) in [5.74, 6) is 0.105. The largest absolute Gasteiger partial charge is 0.460 e. The maximum atomic E-state index is 12.6. The molecule has 0 radical (unpaired) electrons. The third-order valence-corrected chi connectivity index (χ3v) is 6.64. The van der Waals surface area contributed by atoms with E-state index in [2.05, 4.69) is 17.2 Å². The fourth-order valence-electron chi connectivity index (χ4n) is 4.20. The van der Waals surface area contributed by atoms with Crippen molar-refractivity contribution in [3.05, 3.63) is 35.5 Å². The molecule has 0 saturated heterocycles. The van der Waals surface area contributed by atoms with Crippen molar-refractivity contribution in [3.63, 3.8) is 0 Å². The lowest BCUT2D eigenvalue weighted by Gasteiger charge is -2.22. The maximum absolute atomic E-state index is 12.6. The third-order valence-electron chi connectivity index (χ3n) is 6.00. The van der Waals surface area contributed by atoms with E-state index in [9.17, 15) is 9.59 Å². The van der Waals surface area contributed by atoms with Crippen LogP contribution >= 0.6 is 11.8 Å². The van der Waals surface area contributed by atoms with Gasteiger partial charge in [-0.15, -0.1) is 11.8 Å². The van der Waals surface area contributed by atoms with Gasteiger partial charge in [0.15, 0.2) is 0 Å². The Morgan fingerprint density at radius 1 is 1.09 bits per heavy atom. The van der Waals surface area contributed by atoms with Gasteiger partial charge in [0.1, 0.15) is 11.3 Å². The number of thioether (sulfide) groups is 1. The lowest BCUT2D eigenvalue weighted by molar-refractivity contribution is -0.156. The molecule has 6 nitrogen and oxygen atoms in total. The van der Waals surface area contributed by atoms with Gasteiger partial charge in [-0.05, 0) is 70.4 Å². The minimum atomic E-state index is -0.449. The Bertz CT molecular complexity index is 977. The van der Waals surface area contributed by atoms with Gasteiger partial charge in [-0.25, -0.2) is 0 Å². The Hall–Kier alpha value is -2.28. The monoisotopic (exact) mass is 501 g/mol. The van der Waals surface area contributed by atoms with Crippen LogP contribution in [-0.2, 0) is 9.53 Å². The standard InChI is InChI=1S/C28H43N3O3S/c1-6-7-8-9-12-20(17-25(32)34-28(2,3)4)13-10-11-16-30-27(33)24-19-22-18-21(26(29)35-5)14-15-23(22)31-24/h14-15,18-20,29,31H,6-13,16-17H2,1-5H3,(H,30,33). The molecule has 0 aliphatic heterocycles. The van der Waals surface area contributed by atoms with E-state index >= 15 is 0 Å². The van der Waals surface area contributed by atoms with Gasteiger partial charge in [0.2, 0.25) is 0 Å². The quantitative estimate of drug-likeness (QED) is 0.112. The average molecular weight is 502 g/mol. The molecule has 1 aromatic carbocycles. The first kappa shape index (κ1) is 29.0. The van der Waals surface area contributed by atoms with E-state index in [1.165, 1.54) is 31.0 Å². The normalized spacial score (nSPS) is 12.5. The van der Waals surface area contributed by atoms with Gasteiger partial charge in [0.05, 0.1) is 5.04 Å². The molecule has 0 aliphatic carbocycles. The minimum absolute atomic E-state index is 0.110. The van der Waals surface area contributed by atoms with Crippen LogP contribution in [0, 0.1) is 11.3 Å². The second kappa shape index (κ2) is 14.3. The van der Waals surface area contributed by atoms with Gasteiger partial charge in [-0.1, -0.05) is 45.1 Å². The zero-order valence-corrected chi connectivity index (χ0v) is 22.9. The molecule has 35 heavy (non-hydrogen) atoms. The number of H-pyrrole nitrogens is 1. The zero-order chi connectivity index (χ0) is 25.8. The van der Waals surface area contributed by atoms with E-state index in [1.54, 1.807) is 0 Å². The number of ether oxygens (including phenoxy) is 1. The van der Waals surface area contributed by atoms with E-state index < -0.39 is 5.60 Å². The van der Waals surface area contributed by atoms with Crippen LogP contribution in [0.25, 0.3) is 10.9 Å². The van der Waals surface area contributed by atoms with Gasteiger partial charge in [0.25, 0.3) is 5.91 Å². The highest BCUT2D eigenvalue weighted by atomic mass is 32.2. The van der Waals surface area contributed by atoms with Crippen molar-refractivity contribution >= 4 is 39.6 Å². The molecule has 1 aromatic heterocycles. The number of unbranched alkanes of at least 4 members (excludes halogenated alkanes) is 4. The molecule has 0 bridgehead atoms. The fraction of sp³-hybridized carbons (Fsp3) is 0.607. The number of rotatable bonds is 14. The molecule has 3 N–H and O–H groups in total. The van der Waals surface area contributed by atoms with E-state index in [4.69, 9.17) is 10.1 Å². The van der Waals surface area contributed by atoms with Crippen LogP contribution in [0.4, 0.5) is 0 Å². The van der Waals surface area contributed by atoms with Crippen LogP contribution in [0.1, 0.15) is 102 Å². The van der Waals surface area contributed by atoms with Crippen molar-refractivity contribution in [1.82, 2.24) is 10.3 Å². The summed E-state index contributed by atoms with van der Waals surface area (Å²) in [5.41, 5.74) is 1.83. The first-order chi connectivity index (χ1) is 16.6. The highest BCUT2D eigenvalue weighted by Gasteiger charge is 2.20. The smallest absolute Gasteiger partial charge is 0.306 e. The molecule has 1 amide bonds. The number of amides is 1. The first-order valence-corrected chi connectivity index (χ1v) is 14.1. The molecule has 2 aromatic rings. The van der Waals surface area contributed by atoms with E-state index in [0.29, 0.717) is 29.6 Å². The number of benzene rings is 1. The van der Waals surface area contributed by atoms with Gasteiger partial charge >= 0.3 is 5.97 Å². The highest BCUT2D eigenvalue weighted by Crippen LogP contribution is 2.23. The fourth-order valence-corrected chi connectivity index (χ4v) is 4.56. The summed E-state index contributed by atoms with van der Waals surface area (Å²) in [6.07, 6.45) is 11.0. The van der Waals surface area contributed by atoms with Crippen LogP contribution in [0.5, 0.6) is 0 Å². The summed E-state index contributed by atoms with van der Waals surface area (Å²) in [6, 6.07) is 7.59. The van der Waals surface area contributed by atoms with Gasteiger partial charge < -0.3 is 15.0 Å². The molecule has 1 heterocycles. The van der Waals surface area contributed by atoms with E-state index in [1.807, 2.05) is 51.3 Å². The second-order valence-electron chi connectivity index (χ2n) is 10.3. The van der Waals surface area contributed by atoms with Crippen molar-refractivity contribution in [1.29, 1.82) is 5.41 Å². The summed E-state index contributed by atoms with van der Waals surface area (Å²) >= 11 is 1.40. The van der Waals surface area contributed by atoms with Crippen LogP contribution in [-0.4, -0.2) is 40.3 Å². The predicted octanol–water partition coefficient (Wildman–Crippen LogP) is 7.07. The Labute approximate surface area is 214 Å². The number of nitrogens with one attached hydrogen (secondary N) is 3. The molecule has 1 atom stereocenters. The Balaban J connectivity index is 1.81. The topological polar surface area (TPSA) is 95.0 Å². The predicted molar refractivity (Wildman–Crippen MR) is 148 cm³/mol. The van der Waals surface area contributed by atoms with Crippen molar-refractivity contribution in [3.8, 4) is 0 Å². The Kier molecular flexibility index (Phi) is 11.8. The lowest BCUT2D eigenvalue weighted by atomic mass is 9.92. The van der Waals surface area contributed by atoms with Crippen LogP contribution in [0.3, 0.4) is 0 Å². The third kappa shape index (κ3) is 10.5. The minimum Gasteiger partial charge on any atom is -0.460 e. The van der Waals surface area contributed by atoms with Gasteiger partial charge in [0, 0.05) is 29.4 Å². The summed E-state index contributed by atoms with van der Waals surface area (Å²) in [6.45, 7) is 8.53. The first-order valence-electron chi connectivity index (χ1n) is 12.9. The van der Waals surface area contributed by atoms with Crippen molar-refractivity contribution in [2.45, 2.75) is 91.1 Å². The van der Waals surface area contributed by atoms with Crippen LogP contribution in [0.2, 0.25) is 0 Å². The summed E-state index contributed by atoms with van der Waals surface area (Å²) in [5, 5.41) is 12.4.